The third-order valence-corrected chi connectivity index (χ3v) is 5.08. The van der Waals surface area contributed by atoms with Crippen LogP contribution in [0.1, 0.15) is 46.9 Å². The number of nitrogens with zero attached hydrogens (tertiary/aromatic N) is 1. The zero-order valence-corrected chi connectivity index (χ0v) is 16.5. The molecule has 1 N–H and O–H groups in total. The molecule has 0 aliphatic heterocycles. The van der Waals surface area contributed by atoms with E-state index in [1.165, 1.54) is 11.1 Å². The summed E-state index contributed by atoms with van der Waals surface area (Å²) in [5.41, 5.74) is 5.37. The lowest BCUT2D eigenvalue weighted by atomic mass is 10.0. The fourth-order valence-electron chi connectivity index (χ4n) is 3.56. The molecule has 0 aliphatic carbocycles. The maximum Gasteiger partial charge on any atom is 0.268 e. The largest absolute Gasteiger partial charge is 0.350 e. The Balaban J connectivity index is 1.89. The van der Waals surface area contributed by atoms with Gasteiger partial charge in [-0.3, -0.25) is 4.79 Å². The summed E-state index contributed by atoms with van der Waals surface area (Å²) in [7, 11) is 0. The second kappa shape index (κ2) is 8.26. The molecule has 0 unspecified atom stereocenters. The average Bonchev–Trinajstić information content (AvgIpc) is 2.94. The number of carbonyl (C=O) groups excluding carboxylic acids is 1. The van der Waals surface area contributed by atoms with E-state index < -0.39 is 0 Å². The molecule has 1 heterocycles. The minimum atomic E-state index is -0.0208. The van der Waals surface area contributed by atoms with Crippen molar-refractivity contribution >= 4 is 16.8 Å². The summed E-state index contributed by atoms with van der Waals surface area (Å²) < 4.78 is 2.07. The molecule has 1 amide bonds. The van der Waals surface area contributed by atoms with Crippen LogP contribution in [0.25, 0.3) is 10.9 Å². The summed E-state index contributed by atoms with van der Waals surface area (Å²) in [4.78, 5) is 13.0. The molecule has 3 rings (SSSR count). The van der Waals surface area contributed by atoms with Crippen molar-refractivity contribution in [1.29, 1.82) is 0 Å². The topological polar surface area (TPSA) is 34.0 Å². The number of aryl methyl sites for hydroxylation is 1. The van der Waals surface area contributed by atoms with E-state index in [1.54, 1.807) is 0 Å². The predicted molar refractivity (Wildman–Crippen MR) is 113 cm³/mol. The predicted octanol–water partition coefficient (Wildman–Crippen LogP) is 5.23. The summed E-state index contributed by atoms with van der Waals surface area (Å²) in [6.07, 6.45) is 2.67. The number of benzene rings is 2. The third kappa shape index (κ3) is 3.97. The SMILES string of the molecule is C=CCn1c(C(=O)NCCc2ccccc2)c(C)c2cc(C(C)C)ccc21. The Hall–Kier alpha value is -2.81. The summed E-state index contributed by atoms with van der Waals surface area (Å²) >= 11 is 0. The lowest BCUT2D eigenvalue weighted by Gasteiger charge is -2.10. The van der Waals surface area contributed by atoms with E-state index in [0.717, 1.165) is 28.6 Å². The Labute approximate surface area is 161 Å². The molecule has 3 aromatic rings. The molecular weight excluding hydrogens is 332 g/mol. The van der Waals surface area contributed by atoms with Crippen LogP contribution in [0.5, 0.6) is 0 Å². The van der Waals surface area contributed by atoms with E-state index in [-0.39, 0.29) is 5.91 Å². The van der Waals surface area contributed by atoms with Crippen LogP contribution in [0.2, 0.25) is 0 Å². The Morgan fingerprint density at radius 2 is 1.93 bits per heavy atom. The number of nitrogens with one attached hydrogen (secondary N) is 1. The van der Waals surface area contributed by atoms with Crippen LogP contribution in [-0.2, 0) is 13.0 Å². The first-order valence-electron chi connectivity index (χ1n) is 9.58. The number of carbonyl (C=O) groups is 1. The lowest BCUT2D eigenvalue weighted by molar-refractivity contribution is 0.0945. The monoisotopic (exact) mass is 360 g/mol. The van der Waals surface area contributed by atoms with E-state index in [1.807, 2.05) is 31.2 Å². The molecule has 0 saturated carbocycles. The van der Waals surface area contributed by atoms with E-state index in [0.29, 0.717) is 19.0 Å². The minimum absolute atomic E-state index is 0.0208. The Morgan fingerprint density at radius 3 is 2.59 bits per heavy atom. The highest BCUT2D eigenvalue weighted by molar-refractivity contribution is 6.01. The maximum absolute atomic E-state index is 13.0. The van der Waals surface area contributed by atoms with Gasteiger partial charge in [0, 0.05) is 24.0 Å². The minimum Gasteiger partial charge on any atom is -0.350 e. The summed E-state index contributed by atoms with van der Waals surface area (Å²) in [5.74, 6) is 0.437. The smallest absolute Gasteiger partial charge is 0.268 e. The highest BCUT2D eigenvalue weighted by Gasteiger charge is 2.20. The molecule has 0 radical (unpaired) electrons. The maximum atomic E-state index is 13.0. The number of hydrogen-bond acceptors (Lipinski definition) is 1. The quantitative estimate of drug-likeness (QED) is 0.575. The fourth-order valence-corrected chi connectivity index (χ4v) is 3.56. The second-order valence-corrected chi connectivity index (χ2v) is 7.30. The number of fused-ring (bicyclic) bond motifs is 1. The first-order valence-corrected chi connectivity index (χ1v) is 9.58. The van der Waals surface area contributed by atoms with Gasteiger partial charge in [-0.1, -0.05) is 56.3 Å². The number of amides is 1. The Bertz CT molecular complexity index is 951. The van der Waals surface area contributed by atoms with Crippen molar-refractivity contribution in [3.8, 4) is 0 Å². The molecule has 1 aromatic heterocycles. The molecule has 0 fully saturated rings. The van der Waals surface area contributed by atoms with Crippen LogP contribution >= 0.6 is 0 Å². The Morgan fingerprint density at radius 1 is 1.19 bits per heavy atom. The molecule has 0 bridgehead atoms. The molecule has 0 atom stereocenters. The van der Waals surface area contributed by atoms with Crippen molar-refractivity contribution in [2.24, 2.45) is 0 Å². The summed E-state index contributed by atoms with van der Waals surface area (Å²) in [6.45, 7) is 11.5. The van der Waals surface area contributed by atoms with Gasteiger partial charge in [-0.2, -0.15) is 0 Å². The first-order chi connectivity index (χ1) is 13.0. The number of rotatable bonds is 7. The van der Waals surface area contributed by atoms with Crippen molar-refractivity contribution in [1.82, 2.24) is 9.88 Å². The van der Waals surface area contributed by atoms with Crippen LogP contribution in [0, 0.1) is 6.92 Å². The standard InChI is InChI=1S/C24H28N2O/c1-5-15-26-22-12-11-20(17(2)3)16-21(22)18(4)23(26)24(27)25-14-13-19-9-7-6-8-10-19/h5-12,16-17H,1,13-15H2,2-4H3,(H,25,27). The van der Waals surface area contributed by atoms with Gasteiger partial charge in [0.05, 0.1) is 0 Å². The molecule has 2 aromatic carbocycles. The molecule has 27 heavy (non-hydrogen) atoms. The Kier molecular flexibility index (Phi) is 5.80. The van der Waals surface area contributed by atoms with Gasteiger partial charge in [-0.05, 0) is 48.1 Å². The van der Waals surface area contributed by atoms with E-state index >= 15 is 0 Å². The van der Waals surface area contributed by atoms with Crippen LogP contribution in [0.15, 0.2) is 61.2 Å². The normalized spacial score (nSPS) is 11.1. The van der Waals surface area contributed by atoms with Gasteiger partial charge >= 0.3 is 0 Å². The van der Waals surface area contributed by atoms with Crippen LogP contribution in [0.3, 0.4) is 0 Å². The molecule has 0 saturated heterocycles. The summed E-state index contributed by atoms with van der Waals surface area (Å²) in [5, 5.41) is 4.24. The van der Waals surface area contributed by atoms with Gasteiger partial charge in [-0.15, -0.1) is 6.58 Å². The van der Waals surface area contributed by atoms with Crippen molar-refractivity contribution in [2.45, 2.75) is 39.7 Å². The van der Waals surface area contributed by atoms with E-state index in [9.17, 15) is 4.79 Å². The van der Waals surface area contributed by atoms with Gasteiger partial charge in [-0.25, -0.2) is 0 Å². The van der Waals surface area contributed by atoms with Crippen molar-refractivity contribution in [2.75, 3.05) is 6.54 Å². The molecule has 3 heteroatoms. The molecular formula is C24H28N2O. The molecule has 0 spiro atoms. The average molecular weight is 361 g/mol. The third-order valence-electron chi connectivity index (χ3n) is 5.08. The number of hydrogen-bond donors (Lipinski definition) is 1. The van der Waals surface area contributed by atoms with E-state index in [2.05, 4.69) is 60.6 Å². The summed E-state index contributed by atoms with van der Waals surface area (Å²) in [6, 6.07) is 16.7. The van der Waals surface area contributed by atoms with Gasteiger partial charge in [0.15, 0.2) is 0 Å². The van der Waals surface area contributed by atoms with Gasteiger partial charge in [0.1, 0.15) is 5.69 Å². The molecule has 3 nitrogen and oxygen atoms in total. The van der Waals surface area contributed by atoms with Crippen molar-refractivity contribution < 1.29 is 4.79 Å². The fraction of sp³-hybridized carbons (Fsp3) is 0.292. The second-order valence-electron chi connectivity index (χ2n) is 7.30. The van der Waals surface area contributed by atoms with Gasteiger partial charge < -0.3 is 9.88 Å². The highest BCUT2D eigenvalue weighted by atomic mass is 16.1. The zero-order chi connectivity index (χ0) is 19.4. The first kappa shape index (κ1) is 19.0. The van der Waals surface area contributed by atoms with Crippen molar-refractivity contribution in [3.63, 3.8) is 0 Å². The highest BCUT2D eigenvalue weighted by Crippen LogP contribution is 2.29. The van der Waals surface area contributed by atoms with Crippen LogP contribution in [0.4, 0.5) is 0 Å². The van der Waals surface area contributed by atoms with Gasteiger partial charge in [0.2, 0.25) is 0 Å². The van der Waals surface area contributed by atoms with Gasteiger partial charge in [0.25, 0.3) is 5.91 Å². The van der Waals surface area contributed by atoms with Crippen LogP contribution in [-0.4, -0.2) is 17.0 Å². The molecule has 140 valence electrons. The van der Waals surface area contributed by atoms with E-state index in [4.69, 9.17) is 0 Å². The van der Waals surface area contributed by atoms with Crippen molar-refractivity contribution in [3.05, 3.63) is 83.6 Å². The number of allylic oxidation sites excluding steroid dienone is 1. The lowest BCUT2D eigenvalue weighted by Crippen LogP contribution is -2.28. The zero-order valence-electron chi connectivity index (χ0n) is 16.5. The molecule has 0 aliphatic rings. The number of aromatic nitrogens is 1. The van der Waals surface area contributed by atoms with Crippen LogP contribution < -0.4 is 5.32 Å².